The monoisotopic (exact) mass is 441 g/mol. The van der Waals surface area contributed by atoms with Crippen molar-refractivity contribution in [2.24, 2.45) is 5.92 Å². The molecule has 3 rings (SSSR count). The molecule has 0 aromatic carbocycles. The van der Waals surface area contributed by atoms with Crippen LogP contribution in [0.15, 0.2) is 18.6 Å². The van der Waals surface area contributed by atoms with Gasteiger partial charge in [-0.05, 0) is 31.7 Å². The highest BCUT2D eigenvalue weighted by Crippen LogP contribution is 2.31. The second-order valence-corrected chi connectivity index (χ2v) is 8.44. The Hall–Kier alpha value is -3.03. The van der Waals surface area contributed by atoms with Crippen LogP contribution in [0, 0.1) is 17.2 Å². The molecule has 32 heavy (non-hydrogen) atoms. The van der Waals surface area contributed by atoms with Crippen molar-refractivity contribution in [3.63, 3.8) is 0 Å². The minimum Gasteiger partial charge on any atom is -0.354 e. The molecule has 2 unspecified atom stereocenters. The molecule has 0 bridgehead atoms. The van der Waals surface area contributed by atoms with Gasteiger partial charge >= 0.3 is 0 Å². The van der Waals surface area contributed by atoms with E-state index in [1.165, 1.54) is 6.33 Å². The molecule has 1 fully saturated rings. The molecule has 2 N–H and O–H groups in total. The number of nitriles is 1. The lowest BCUT2D eigenvalue weighted by molar-refractivity contribution is -0.131. The predicted octanol–water partition coefficient (Wildman–Crippen LogP) is 1.91. The van der Waals surface area contributed by atoms with Gasteiger partial charge in [0.1, 0.15) is 24.2 Å². The number of anilines is 1. The van der Waals surface area contributed by atoms with Gasteiger partial charge in [-0.1, -0.05) is 13.8 Å². The number of Topliss-reactive ketones (excluding diaryl/α,β-unsaturated/α-hetero) is 1. The van der Waals surface area contributed by atoms with Crippen LogP contribution >= 0.6 is 0 Å². The van der Waals surface area contributed by atoms with Gasteiger partial charge in [0.25, 0.3) is 0 Å². The fourth-order valence-electron chi connectivity index (χ4n) is 4.45. The molecule has 1 aliphatic rings. The first-order chi connectivity index (χ1) is 15.3. The quantitative estimate of drug-likeness (QED) is 0.595. The van der Waals surface area contributed by atoms with Gasteiger partial charge in [0, 0.05) is 26.3 Å². The Bertz CT molecular complexity index is 1010. The number of carbonyl (C=O) groups excluding carboxylic acids is 2. The molecule has 4 atom stereocenters. The number of likely N-dealkylation sites (N-methyl/N-ethyl adjacent to an activating group) is 1. The molecule has 1 saturated heterocycles. The highest BCUT2D eigenvalue weighted by atomic mass is 16.5. The average Bonchev–Trinajstić information content (AvgIpc) is 3.23. The number of aromatic nitrogens is 3. The van der Waals surface area contributed by atoms with E-state index in [1.54, 1.807) is 16.4 Å². The Morgan fingerprint density at radius 3 is 2.84 bits per heavy atom. The summed E-state index contributed by atoms with van der Waals surface area (Å²) in [7, 11) is 1.95. The fraction of sp³-hybridized carbons (Fsp3) is 0.591. The standard InChI is InChI=1S/C22H31N7O3/c1-5-17(26-32)20(31)15(3)29-11-8-16-21(24-13-25-22(16)29)27(4)18-12-28(10-7-14(18)2)19(30)6-9-23/h8,11,13-15,17-18,26,32H,5-7,10,12H2,1-4H3/t14-,15?,17?,18+/m1/s1. The molecule has 172 valence electrons. The van der Waals surface area contributed by atoms with Gasteiger partial charge < -0.3 is 19.6 Å². The van der Waals surface area contributed by atoms with E-state index in [4.69, 9.17) is 5.26 Å². The maximum absolute atomic E-state index is 12.8. The molecule has 2 aromatic rings. The average molecular weight is 442 g/mol. The van der Waals surface area contributed by atoms with E-state index in [9.17, 15) is 14.8 Å². The van der Waals surface area contributed by atoms with Crippen LogP contribution < -0.4 is 10.4 Å². The van der Waals surface area contributed by atoms with Crippen LogP contribution in [0.1, 0.15) is 46.1 Å². The minimum absolute atomic E-state index is 0.0370. The Morgan fingerprint density at radius 1 is 1.44 bits per heavy atom. The van der Waals surface area contributed by atoms with Gasteiger partial charge in [-0.2, -0.15) is 10.7 Å². The summed E-state index contributed by atoms with van der Waals surface area (Å²) in [5.41, 5.74) is 2.72. The second kappa shape index (κ2) is 10.1. The summed E-state index contributed by atoms with van der Waals surface area (Å²) < 4.78 is 1.80. The number of likely N-dealkylation sites (tertiary alicyclic amines) is 1. The zero-order valence-corrected chi connectivity index (χ0v) is 19.0. The third-order valence-electron chi connectivity index (χ3n) is 6.56. The van der Waals surface area contributed by atoms with Crippen LogP contribution in [0.2, 0.25) is 0 Å². The lowest BCUT2D eigenvalue weighted by Gasteiger charge is -2.42. The van der Waals surface area contributed by atoms with Gasteiger partial charge in [-0.25, -0.2) is 9.97 Å². The Labute approximate surface area is 187 Å². The van der Waals surface area contributed by atoms with E-state index in [0.29, 0.717) is 31.1 Å². The van der Waals surface area contributed by atoms with E-state index < -0.39 is 12.1 Å². The number of nitrogens with one attached hydrogen (secondary N) is 1. The van der Waals surface area contributed by atoms with Crippen molar-refractivity contribution in [1.29, 1.82) is 5.26 Å². The fourth-order valence-corrected chi connectivity index (χ4v) is 4.45. The summed E-state index contributed by atoms with van der Waals surface area (Å²) in [6.07, 6.45) is 4.51. The van der Waals surface area contributed by atoms with E-state index >= 15 is 0 Å². The molecule has 10 nitrogen and oxygen atoms in total. The Kier molecular flexibility index (Phi) is 7.43. The molecule has 10 heteroatoms. The van der Waals surface area contributed by atoms with Crippen LogP contribution in [0.4, 0.5) is 5.82 Å². The van der Waals surface area contributed by atoms with Gasteiger partial charge in [-0.15, -0.1) is 0 Å². The van der Waals surface area contributed by atoms with Crippen LogP contribution in [0.3, 0.4) is 0 Å². The smallest absolute Gasteiger partial charge is 0.236 e. The predicted molar refractivity (Wildman–Crippen MR) is 119 cm³/mol. The SMILES string of the molecule is CCC(NO)C(=O)C(C)n1ccc2c(N(C)[C@H]3CN(C(=O)CC#N)CC[C@H]3C)ncnc21. The van der Waals surface area contributed by atoms with Gasteiger partial charge in [0.2, 0.25) is 5.91 Å². The largest absolute Gasteiger partial charge is 0.354 e. The Balaban J connectivity index is 1.90. The lowest BCUT2D eigenvalue weighted by atomic mass is 9.92. The van der Waals surface area contributed by atoms with Crippen LogP contribution in [0.5, 0.6) is 0 Å². The van der Waals surface area contributed by atoms with E-state index in [2.05, 4.69) is 27.3 Å². The summed E-state index contributed by atoms with van der Waals surface area (Å²) in [4.78, 5) is 37.8. The molecular weight excluding hydrogens is 410 g/mol. The van der Waals surface area contributed by atoms with E-state index in [-0.39, 0.29) is 24.2 Å². The number of fused-ring (bicyclic) bond motifs is 1. The molecule has 0 aliphatic carbocycles. The number of ketones is 1. The number of hydrogen-bond donors (Lipinski definition) is 2. The van der Waals surface area contributed by atoms with Gasteiger partial charge in [-0.3, -0.25) is 9.59 Å². The van der Waals surface area contributed by atoms with Crippen LogP contribution in [-0.4, -0.2) is 68.6 Å². The summed E-state index contributed by atoms with van der Waals surface area (Å²) in [6.45, 7) is 6.95. The molecule has 1 amide bonds. The maximum Gasteiger partial charge on any atom is 0.236 e. The maximum atomic E-state index is 12.8. The Morgan fingerprint density at radius 2 is 2.19 bits per heavy atom. The number of nitrogens with zero attached hydrogens (tertiary/aromatic N) is 6. The first kappa shape index (κ1) is 23.6. The number of amides is 1. The highest BCUT2D eigenvalue weighted by molar-refractivity contribution is 5.92. The third kappa shape index (κ3) is 4.45. The highest BCUT2D eigenvalue weighted by Gasteiger charge is 2.33. The van der Waals surface area contributed by atoms with E-state index in [1.807, 2.05) is 32.3 Å². The topological polar surface area (TPSA) is 127 Å². The molecule has 0 saturated carbocycles. The minimum atomic E-state index is -0.647. The van der Waals surface area contributed by atoms with Gasteiger partial charge in [0.15, 0.2) is 5.78 Å². The number of carbonyl (C=O) groups is 2. The zero-order valence-electron chi connectivity index (χ0n) is 19.0. The number of rotatable bonds is 8. The zero-order chi connectivity index (χ0) is 23.4. The van der Waals surface area contributed by atoms with Gasteiger partial charge in [0.05, 0.1) is 29.6 Å². The summed E-state index contributed by atoms with van der Waals surface area (Å²) in [5, 5.41) is 19.0. The van der Waals surface area contributed by atoms with E-state index in [0.717, 1.165) is 17.6 Å². The number of hydroxylamine groups is 1. The number of hydrogen-bond acceptors (Lipinski definition) is 8. The lowest BCUT2D eigenvalue weighted by Crippen LogP contribution is -2.52. The van der Waals surface area contributed by atoms with Crippen LogP contribution in [0.25, 0.3) is 11.0 Å². The van der Waals surface area contributed by atoms with Crippen molar-refractivity contribution < 1.29 is 14.8 Å². The summed E-state index contributed by atoms with van der Waals surface area (Å²) >= 11 is 0. The summed E-state index contributed by atoms with van der Waals surface area (Å²) in [6, 6.07) is 2.71. The molecule has 1 aliphatic heterocycles. The molecule has 3 heterocycles. The third-order valence-corrected chi connectivity index (χ3v) is 6.56. The molecule has 0 radical (unpaired) electrons. The van der Waals surface area contributed by atoms with Crippen molar-refractivity contribution in [2.75, 3.05) is 25.0 Å². The van der Waals surface area contributed by atoms with Crippen LogP contribution in [-0.2, 0) is 9.59 Å². The molecule has 2 aromatic heterocycles. The van der Waals surface area contributed by atoms with Crippen molar-refractivity contribution in [1.82, 2.24) is 24.9 Å². The number of piperidine rings is 1. The first-order valence-corrected chi connectivity index (χ1v) is 11.0. The second-order valence-electron chi connectivity index (χ2n) is 8.44. The van der Waals surface area contributed by atoms with Crippen molar-refractivity contribution in [2.45, 2.75) is 58.2 Å². The molecular formula is C22H31N7O3. The first-order valence-electron chi connectivity index (χ1n) is 11.0. The molecule has 0 spiro atoms. The van der Waals surface area contributed by atoms with Crippen molar-refractivity contribution in [3.05, 3.63) is 18.6 Å². The van der Waals surface area contributed by atoms with Crippen molar-refractivity contribution in [3.8, 4) is 6.07 Å². The summed E-state index contributed by atoms with van der Waals surface area (Å²) in [5.74, 6) is 0.785. The normalized spacial score (nSPS) is 20.6. The van der Waals surface area contributed by atoms with Crippen molar-refractivity contribution >= 4 is 28.5 Å².